The lowest BCUT2D eigenvalue weighted by Gasteiger charge is -2.08. The van der Waals surface area contributed by atoms with Gasteiger partial charge in [0.25, 0.3) is 5.91 Å². The van der Waals surface area contributed by atoms with Crippen LogP contribution in [-0.4, -0.2) is 18.2 Å². The van der Waals surface area contributed by atoms with Crippen LogP contribution in [0.3, 0.4) is 0 Å². The second-order valence-electron chi connectivity index (χ2n) is 5.25. The van der Waals surface area contributed by atoms with Crippen molar-refractivity contribution in [3.05, 3.63) is 64.6 Å². The Morgan fingerprint density at radius 1 is 1.28 bits per heavy atom. The second-order valence-corrected chi connectivity index (χ2v) is 5.65. The molecule has 0 aliphatic heterocycles. The molecule has 0 saturated heterocycles. The maximum Gasteiger partial charge on any atom is 0.261 e. The summed E-state index contributed by atoms with van der Waals surface area (Å²) in [4.78, 5) is 12.7. The summed E-state index contributed by atoms with van der Waals surface area (Å²) in [7, 11) is 1.53. The molecule has 0 bridgehead atoms. The number of aryl methyl sites for hydroxylation is 1. The fourth-order valence-electron chi connectivity index (χ4n) is 2.43. The zero-order valence-electron chi connectivity index (χ0n) is 13.5. The van der Waals surface area contributed by atoms with Crippen LogP contribution in [0.25, 0.3) is 11.3 Å². The number of rotatable bonds is 4. The quantitative estimate of drug-likeness (QED) is 0.732. The molecule has 1 amide bonds. The lowest BCUT2D eigenvalue weighted by Crippen LogP contribution is -2.13. The number of methoxy groups -OCH3 is 1. The highest BCUT2D eigenvalue weighted by Crippen LogP contribution is 2.33. The number of hydrogen-bond acceptors (Lipinski definition) is 4. The van der Waals surface area contributed by atoms with Crippen molar-refractivity contribution in [2.45, 2.75) is 6.92 Å². The van der Waals surface area contributed by atoms with Gasteiger partial charge in [0.15, 0.2) is 0 Å². The van der Waals surface area contributed by atoms with Crippen LogP contribution < -0.4 is 10.1 Å². The van der Waals surface area contributed by atoms with Gasteiger partial charge in [0, 0.05) is 11.8 Å². The van der Waals surface area contributed by atoms with Crippen molar-refractivity contribution in [1.82, 2.24) is 5.16 Å². The highest BCUT2D eigenvalue weighted by atomic mass is 35.5. The lowest BCUT2D eigenvalue weighted by molar-refractivity contribution is 0.102. The number of carbonyl (C=O) groups is 1. The number of carbonyl (C=O) groups excluding carboxylic acids is 1. The molecule has 1 aromatic heterocycles. The van der Waals surface area contributed by atoms with Crippen molar-refractivity contribution in [2.75, 3.05) is 12.4 Å². The molecular formula is C18H14ClFN2O3. The summed E-state index contributed by atoms with van der Waals surface area (Å²) in [5, 5.41) is 6.69. The number of aromatic nitrogens is 1. The monoisotopic (exact) mass is 360 g/mol. The van der Waals surface area contributed by atoms with E-state index in [1.807, 2.05) is 0 Å². The number of halogens is 2. The summed E-state index contributed by atoms with van der Waals surface area (Å²) in [6, 6.07) is 11.1. The predicted molar refractivity (Wildman–Crippen MR) is 92.6 cm³/mol. The summed E-state index contributed by atoms with van der Waals surface area (Å²) >= 11 is 6.08. The third-order valence-corrected chi connectivity index (χ3v) is 3.93. The van der Waals surface area contributed by atoms with E-state index in [0.29, 0.717) is 11.4 Å². The highest BCUT2D eigenvalue weighted by Gasteiger charge is 2.25. The third-order valence-electron chi connectivity index (χ3n) is 3.62. The Kier molecular flexibility index (Phi) is 4.72. The number of ether oxygens (including phenoxy) is 1. The minimum absolute atomic E-state index is 0.0248. The van der Waals surface area contributed by atoms with Gasteiger partial charge in [0.2, 0.25) is 0 Å². The van der Waals surface area contributed by atoms with Gasteiger partial charge in [-0.3, -0.25) is 4.79 Å². The van der Waals surface area contributed by atoms with Gasteiger partial charge in [-0.25, -0.2) is 4.39 Å². The molecule has 1 heterocycles. The molecule has 0 radical (unpaired) electrons. The minimum atomic E-state index is -0.587. The van der Waals surface area contributed by atoms with Gasteiger partial charge in [-0.1, -0.05) is 28.9 Å². The standard InChI is InChI=1S/C18H14ClFN2O3/c1-10-15(18(23)21-11-5-3-6-12(9-11)24-2)17(22-25-10)16-13(19)7-4-8-14(16)20/h3-9H,1-2H3,(H,21,23). The van der Waals surface area contributed by atoms with E-state index in [1.54, 1.807) is 31.2 Å². The molecule has 3 aromatic rings. The van der Waals surface area contributed by atoms with Gasteiger partial charge in [0.05, 0.1) is 17.7 Å². The molecular weight excluding hydrogens is 347 g/mol. The maximum atomic E-state index is 14.2. The molecule has 0 atom stereocenters. The SMILES string of the molecule is COc1cccc(NC(=O)c2c(-c3c(F)cccc3Cl)noc2C)c1. The van der Waals surface area contributed by atoms with Crippen LogP contribution in [0.4, 0.5) is 10.1 Å². The largest absolute Gasteiger partial charge is 0.497 e. The predicted octanol–water partition coefficient (Wildman–Crippen LogP) is 4.70. The van der Waals surface area contributed by atoms with E-state index in [2.05, 4.69) is 10.5 Å². The summed E-state index contributed by atoms with van der Waals surface area (Å²) < 4.78 is 24.4. The molecule has 0 fully saturated rings. The summed E-state index contributed by atoms with van der Waals surface area (Å²) in [5.74, 6) is -0.218. The Hall–Kier alpha value is -2.86. The van der Waals surface area contributed by atoms with Crippen molar-refractivity contribution in [3.63, 3.8) is 0 Å². The van der Waals surface area contributed by atoms with E-state index >= 15 is 0 Å². The molecule has 0 aliphatic rings. The molecule has 1 N–H and O–H groups in total. The maximum absolute atomic E-state index is 14.2. The highest BCUT2D eigenvalue weighted by molar-refractivity contribution is 6.33. The van der Waals surface area contributed by atoms with E-state index < -0.39 is 11.7 Å². The zero-order chi connectivity index (χ0) is 18.0. The topological polar surface area (TPSA) is 64.4 Å². The van der Waals surface area contributed by atoms with Crippen LogP contribution in [-0.2, 0) is 0 Å². The van der Waals surface area contributed by atoms with Crippen molar-refractivity contribution in [2.24, 2.45) is 0 Å². The van der Waals surface area contributed by atoms with E-state index in [0.717, 1.165) is 0 Å². The Bertz CT molecular complexity index is 920. The second kappa shape index (κ2) is 6.94. The third kappa shape index (κ3) is 3.34. The molecule has 5 nitrogen and oxygen atoms in total. The van der Waals surface area contributed by atoms with Crippen molar-refractivity contribution >= 4 is 23.2 Å². The molecule has 7 heteroatoms. The zero-order valence-corrected chi connectivity index (χ0v) is 14.2. The van der Waals surface area contributed by atoms with Gasteiger partial charge in [0.1, 0.15) is 28.6 Å². The fraction of sp³-hybridized carbons (Fsp3) is 0.111. The molecule has 0 unspecified atom stereocenters. The molecule has 0 spiro atoms. The number of benzene rings is 2. The van der Waals surface area contributed by atoms with E-state index in [1.165, 1.54) is 25.3 Å². The van der Waals surface area contributed by atoms with Crippen molar-refractivity contribution < 1.29 is 18.4 Å². The van der Waals surface area contributed by atoms with Crippen LogP contribution >= 0.6 is 11.6 Å². The average molecular weight is 361 g/mol. The van der Waals surface area contributed by atoms with Gasteiger partial charge < -0.3 is 14.6 Å². The van der Waals surface area contributed by atoms with E-state index in [-0.39, 0.29) is 27.6 Å². The van der Waals surface area contributed by atoms with Crippen molar-refractivity contribution in [3.8, 4) is 17.0 Å². The average Bonchev–Trinajstić information content (AvgIpc) is 2.96. The molecule has 25 heavy (non-hydrogen) atoms. The molecule has 0 aliphatic carbocycles. The van der Waals surface area contributed by atoms with E-state index in [4.69, 9.17) is 20.9 Å². The van der Waals surface area contributed by atoms with Crippen LogP contribution in [0.5, 0.6) is 5.75 Å². The van der Waals surface area contributed by atoms with Crippen LogP contribution in [0.2, 0.25) is 5.02 Å². The van der Waals surface area contributed by atoms with Gasteiger partial charge in [-0.05, 0) is 31.2 Å². The normalized spacial score (nSPS) is 10.6. The Balaban J connectivity index is 2.00. The Labute approximate surface area is 148 Å². The van der Waals surface area contributed by atoms with Crippen LogP contribution in [0.15, 0.2) is 47.0 Å². The fourth-order valence-corrected chi connectivity index (χ4v) is 2.68. The minimum Gasteiger partial charge on any atom is -0.497 e. The smallest absolute Gasteiger partial charge is 0.261 e. The number of amides is 1. The summed E-state index contributed by atoms with van der Waals surface area (Å²) in [6.45, 7) is 1.58. The van der Waals surface area contributed by atoms with Crippen LogP contribution in [0.1, 0.15) is 16.1 Å². The summed E-state index contributed by atoms with van der Waals surface area (Å²) in [5.41, 5.74) is 0.725. The van der Waals surface area contributed by atoms with Crippen LogP contribution in [0, 0.1) is 12.7 Å². The number of anilines is 1. The number of nitrogens with zero attached hydrogens (tertiary/aromatic N) is 1. The first-order valence-corrected chi connectivity index (χ1v) is 7.75. The molecule has 3 rings (SSSR count). The first kappa shape index (κ1) is 17.0. The van der Waals surface area contributed by atoms with Gasteiger partial charge >= 0.3 is 0 Å². The van der Waals surface area contributed by atoms with Crippen molar-refractivity contribution in [1.29, 1.82) is 0 Å². The first-order chi connectivity index (χ1) is 12.0. The number of nitrogens with one attached hydrogen (secondary N) is 1. The van der Waals surface area contributed by atoms with E-state index in [9.17, 15) is 9.18 Å². The molecule has 2 aromatic carbocycles. The van der Waals surface area contributed by atoms with Gasteiger partial charge in [-0.2, -0.15) is 0 Å². The lowest BCUT2D eigenvalue weighted by atomic mass is 10.0. The number of hydrogen-bond donors (Lipinski definition) is 1. The van der Waals surface area contributed by atoms with Gasteiger partial charge in [-0.15, -0.1) is 0 Å². The molecule has 0 saturated carbocycles. The first-order valence-electron chi connectivity index (χ1n) is 7.37. The summed E-state index contributed by atoms with van der Waals surface area (Å²) in [6.07, 6.45) is 0. The molecule has 128 valence electrons. The Morgan fingerprint density at radius 3 is 2.76 bits per heavy atom. The Morgan fingerprint density at radius 2 is 2.04 bits per heavy atom.